The standard InChI is InChI=1S/C18H18BrN3O3/c1-12(23)15-16(13-3-5-14(19)6-4-13)22(18(25)17(15)24)9-2-8-21-10-7-20-11-21/h3-7,10-11,16,24H,2,8-9H2,1H3/t16-/m0/s1. The molecule has 1 N–H and O–H groups in total. The summed E-state index contributed by atoms with van der Waals surface area (Å²) in [6.45, 7) is 2.51. The highest BCUT2D eigenvalue weighted by Gasteiger charge is 2.41. The maximum absolute atomic E-state index is 12.5. The smallest absolute Gasteiger partial charge is 0.290 e. The van der Waals surface area contributed by atoms with Crippen LogP contribution >= 0.6 is 15.9 Å². The third-order valence-corrected chi connectivity index (χ3v) is 4.77. The van der Waals surface area contributed by atoms with Gasteiger partial charge in [0.25, 0.3) is 5.91 Å². The molecule has 0 aliphatic carbocycles. The first-order valence-corrected chi connectivity index (χ1v) is 8.74. The minimum atomic E-state index is -0.555. The Morgan fingerprint density at radius 1 is 1.28 bits per heavy atom. The summed E-state index contributed by atoms with van der Waals surface area (Å²) in [7, 11) is 0. The third-order valence-electron chi connectivity index (χ3n) is 4.24. The largest absolute Gasteiger partial charge is 0.503 e. The van der Waals surface area contributed by atoms with E-state index in [1.807, 2.05) is 35.0 Å². The molecule has 2 heterocycles. The lowest BCUT2D eigenvalue weighted by atomic mass is 9.97. The lowest BCUT2D eigenvalue weighted by Gasteiger charge is -2.26. The van der Waals surface area contributed by atoms with Crippen molar-refractivity contribution >= 4 is 27.6 Å². The van der Waals surface area contributed by atoms with Crippen LogP contribution in [0.1, 0.15) is 24.9 Å². The second kappa shape index (κ2) is 7.23. The maximum Gasteiger partial charge on any atom is 0.290 e. The molecule has 0 radical (unpaired) electrons. The molecule has 0 unspecified atom stereocenters. The van der Waals surface area contributed by atoms with Crippen molar-refractivity contribution in [2.45, 2.75) is 25.9 Å². The average molecular weight is 404 g/mol. The number of Topliss-reactive ketones (excluding diaryl/α,β-unsaturated/α-hetero) is 1. The molecule has 2 aromatic rings. The molecule has 25 heavy (non-hydrogen) atoms. The number of aromatic nitrogens is 2. The van der Waals surface area contributed by atoms with E-state index in [4.69, 9.17) is 0 Å². The summed E-state index contributed by atoms with van der Waals surface area (Å²) in [5.41, 5.74) is 0.961. The van der Waals surface area contributed by atoms with Crippen molar-refractivity contribution in [3.63, 3.8) is 0 Å². The van der Waals surface area contributed by atoms with Gasteiger partial charge in [-0.15, -0.1) is 0 Å². The number of rotatable bonds is 6. The minimum Gasteiger partial charge on any atom is -0.503 e. The first-order valence-electron chi connectivity index (χ1n) is 7.95. The van der Waals surface area contributed by atoms with E-state index in [-0.39, 0.29) is 11.4 Å². The average Bonchev–Trinajstić information content (AvgIpc) is 3.17. The van der Waals surface area contributed by atoms with Crippen LogP contribution in [0.3, 0.4) is 0 Å². The van der Waals surface area contributed by atoms with E-state index in [1.54, 1.807) is 17.4 Å². The number of carbonyl (C=O) groups excluding carboxylic acids is 2. The van der Waals surface area contributed by atoms with Crippen molar-refractivity contribution in [2.75, 3.05) is 6.54 Å². The second-order valence-electron chi connectivity index (χ2n) is 5.93. The number of halogens is 1. The van der Waals surface area contributed by atoms with Gasteiger partial charge in [-0.1, -0.05) is 28.1 Å². The van der Waals surface area contributed by atoms with Crippen molar-refractivity contribution < 1.29 is 14.7 Å². The van der Waals surface area contributed by atoms with Gasteiger partial charge in [0.1, 0.15) is 0 Å². The Kier molecular flexibility index (Phi) is 5.03. The number of amides is 1. The first-order chi connectivity index (χ1) is 12.0. The molecule has 0 fully saturated rings. The van der Waals surface area contributed by atoms with Crippen LogP contribution in [0, 0.1) is 0 Å². The van der Waals surface area contributed by atoms with E-state index in [0.29, 0.717) is 19.5 Å². The Morgan fingerprint density at radius 3 is 2.60 bits per heavy atom. The summed E-state index contributed by atoms with van der Waals surface area (Å²) in [4.78, 5) is 30.1. The van der Waals surface area contributed by atoms with E-state index in [0.717, 1.165) is 10.0 Å². The molecular weight excluding hydrogens is 386 g/mol. The van der Waals surface area contributed by atoms with E-state index in [9.17, 15) is 14.7 Å². The summed E-state index contributed by atoms with van der Waals surface area (Å²) in [6, 6.07) is 6.87. The van der Waals surface area contributed by atoms with Gasteiger partial charge in [-0.2, -0.15) is 0 Å². The van der Waals surface area contributed by atoms with Gasteiger partial charge in [0.2, 0.25) is 0 Å². The van der Waals surface area contributed by atoms with E-state index in [1.165, 1.54) is 6.92 Å². The predicted molar refractivity (Wildman–Crippen MR) is 95.8 cm³/mol. The van der Waals surface area contributed by atoms with Crippen LogP contribution in [0.25, 0.3) is 0 Å². The third kappa shape index (κ3) is 3.51. The second-order valence-corrected chi connectivity index (χ2v) is 6.84. The molecule has 0 spiro atoms. The Bertz CT molecular complexity index is 813. The van der Waals surface area contributed by atoms with Crippen LogP contribution in [0.2, 0.25) is 0 Å². The zero-order valence-electron chi connectivity index (χ0n) is 13.7. The van der Waals surface area contributed by atoms with Crippen molar-refractivity contribution in [2.24, 2.45) is 0 Å². The van der Waals surface area contributed by atoms with E-state index >= 15 is 0 Å². The van der Waals surface area contributed by atoms with E-state index in [2.05, 4.69) is 20.9 Å². The SMILES string of the molecule is CC(=O)C1=C(O)C(=O)N(CCCn2ccnc2)[C@H]1c1ccc(Br)cc1. The van der Waals surface area contributed by atoms with Crippen molar-refractivity contribution in [3.8, 4) is 0 Å². The molecule has 1 aliphatic heterocycles. The maximum atomic E-state index is 12.5. The summed E-state index contributed by atoms with van der Waals surface area (Å²) in [5, 5.41) is 10.2. The molecule has 130 valence electrons. The fourth-order valence-electron chi connectivity index (χ4n) is 3.08. The number of hydrogen-bond donors (Lipinski definition) is 1. The number of aliphatic hydroxyl groups excluding tert-OH is 1. The number of nitrogens with zero attached hydrogens (tertiary/aromatic N) is 3. The van der Waals surface area contributed by atoms with Gasteiger partial charge in [-0.25, -0.2) is 4.98 Å². The van der Waals surface area contributed by atoms with Crippen LogP contribution in [0.15, 0.2) is 58.8 Å². The van der Waals surface area contributed by atoms with Crippen LogP contribution < -0.4 is 0 Å². The van der Waals surface area contributed by atoms with Crippen LogP contribution in [0.5, 0.6) is 0 Å². The number of carbonyl (C=O) groups is 2. The van der Waals surface area contributed by atoms with Crippen molar-refractivity contribution in [3.05, 3.63) is 64.4 Å². The van der Waals surface area contributed by atoms with Gasteiger partial charge in [0.15, 0.2) is 11.5 Å². The molecule has 3 rings (SSSR count). The topological polar surface area (TPSA) is 75.4 Å². The molecule has 1 aromatic heterocycles. The van der Waals surface area contributed by atoms with Crippen LogP contribution in [-0.2, 0) is 16.1 Å². The van der Waals surface area contributed by atoms with Gasteiger partial charge in [-0.05, 0) is 31.0 Å². The fourth-order valence-corrected chi connectivity index (χ4v) is 3.34. The van der Waals surface area contributed by atoms with E-state index < -0.39 is 17.7 Å². The number of hydrogen-bond acceptors (Lipinski definition) is 4. The molecular formula is C18H18BrN3O3. The summed E-state index contributed by atoms with van der Waals surface area (Å²) in [5.74, 6) is -1.23. The van der Waals surface area contributed by atoms with Gasteiger partial charge in [0, 0.05) is 30.0 Å². The van der Waals surface area contributed by atoms with Gasteiger partial charge < -0.3 is 14.6 Å². The lowest BCUT2D eigenvalue weighted by Crippen LogP contribution is -2.32. The highest BCUT2D eigenvalue weighted by Crippen LogP contribution is 2.38. The zero-order chi connectivity index (χ0) is 18.0. The minimum absolute atomic E-state index is 0.162. The first kappa shape index (κ1) is 17.4. The Morgan fingerprint density at radius 2 is 2.00 bits per heavy atom. The summed E-state index contributed by atoms with van der Waals surface area (Å²) in [6.07, 6.45) is 5.96. The van der Waals surface area contributed by atoms with Crippen LogP contribution in [-0.4, -0.2) is 37.8 Å². The monoisotopic (exact) mass is 403 g/mol. The number of imidazole rings is 1. The zero-order valence-corrected chi connectivity index (χ0v) is 15.3. The number of ketones is 1. The van der Waals surface area contributed by atoms with Crippen molar-refractivity contribution in [1.29, 1.82) is 0 Å². The van der Waals surface area contributed by atoms with Gasteiger partial charge >= 0.3 is 0 Å². The van der Waals surface area contributed by atoms with Gasteiger partial charge in [0.05, 0.1) is 17.9 Å². The Labute approximate surface area is 153 Å². The quantitative estimate of drug-likeness (QED) is 0.803. The molecule has 7 heteroatoms. The molecule has 1 amide bonds. The molecule has 6 nitrogen and oxygen atoms in total. The lowest BCUT2D eigenvalue weighted by molar-refractivity contribution is -0.129. The highest BCUT2D eigenvalue weighted by molar-refractivity contribution is 9.10. The number of aryl methyl sites for hydroxylation is 1. The predicted octanol–water partition coefficient (Wildman–Crippen LogP) is 3.02. The highest BCUT2D eigenvalue weighted by atomic mass is 79.9. The molecule has 0 saturated heterocycles. The van der Waals surface area contributed by atoms with Gasteiger partial charge in [-0.3, -0.25) is 9.59 Å². The molecule has 1 atom stereocenters. The molecule has 1 aliphatic rings. The number of aliphatic hydroxyl groups is 1. The van der Waals surface area contributed by atoms with Crippen molar-refractivity contribution in [1.82, 2.24) is 14.5 Å². The summed E-state index contributed by atoms with van der Waals surface area (Å²) >= 11 is 3.38. The Hall–Kier alpha value is -2.41. The fraction of sp³-hybridized carbons (Fsp3) is 0.278. The Balaban J connectivity index is 1.85. The normalized spacial score (nSPS) is 17.4. The molecule has 1 aromatic carbocycles. The van der Waals surface area contributed by atoms with Crippen LogP contribution in [0.4, 0.5) is 0 Å². The summed E-state index contributed by atoms with van der Waals surface area (Å²) < 4.78 is 2.83. The number of benzene rings is 1. The molecule has 0 bridgehead atoms. The molecule has 0 saturated carbocycles.